The van der Waals surface area contributed by atoms with Gasteiger partial charge in [-0.05, 0) is 53.1 Å². The maximum atomic E-state index is 6.56. The topological polar surface area (TPSA) is 28.4 Å². The van der Waals surface area contributed by atoms with Crippen molar-refractivity contribution in [2.24, 2.45) is 0 Å². The zero-order valence-electron chi connectivity index (χ0n) is 19.0. The van der Waals surface area contributed by atoms with Crippen LogP contribution in [0.25, 0.3) is 45.9 Å². The quantitative estimate of drug-likeness (QED) is 0.299. The van der Waals surface area contributed by atoms with Gasteiger partial charge in [0.2, 0.25) is 0 Å². The molecule has 3 heterocycles. The van der Waals surface area contributed by atoms with E-state index in [9.17, 15) is 0 Å². The Morgan fingerprint density at radius 2 is 1.65 bits per heavy atom. The summed E-state index contributed by atoms with van der Waals surface area (Å²) in [5.41, 5.74) is 9.43. The lowest BCUT2D eigenvalue weighted by Gasteiger charge is -2.20. The third kappa shape index (κ3) is 3.30. The minimum atomic E-state index is 0.819. The molecule has 0 bridgehead atoms. The van der Waals surface area contributed by atoms with Crippen molar-refractivity contribution >= 4 is 46.1 Å². The van der Waals surface area contributed by atoms with Gasteiger partial charge in [-0.15, -0.1) is 0 Å². The van der Waals surface area contributed by atoms with Crippen molar-refractivity contribution in [1.82, 2.24) is 0 Å². The predicted molar refractivity (Wildman–Crippen MR) is 145 cm³/mol. The summed E-state index contributed by atoms with van der Waals surface area (Å²) in [6.45, 7) is 4.33. The van der Waals surface area contributed by atoms with E-state index in [-0.39, 0.29) is 0 Å². The van der Waals surface area contributed by atoms with Crippen LogP contribution in [-0.2, 0) is 0 Å². The molecule has 164 valence electrons. The molecule has 0 fully saturated rings. The van der Waals surface area contributed by atoms with Crippen molar-refractivity contribution < 1.29 is 4.42 Å². The lowest BCUT2D eigenvalue weighted by molar-refractivity contribution is 0.603. The van der Waals surface area contributed by atoms with E-state index in [4.69, 9.17) is 4.42 Å². The highest BCUT2D eigenvalue weighted by atomic mass is 16.3. The maximum Gasteiger partial charge on any atom is 0.145 e. The molecule has 0 radical (unpaired) electrons. The number of fused-ring (bicyclic) bond motifs is 8. The molecule has 0 aliphatic carbocycles. The van der Waals surface area contributed by atoms with Gasteiger partial charge in [-0.3, -0.25) is 0 Å². The number of hydrogen-bond acceptors (Lipinski definition) is 3. The van der Waals surface area contributed by atoms with Gasteiger partial charge in [0, 0.05) is 47.2 Å². The van der Waals surface area contributed by atoms with Gasteiger partial charge in [-0.2, -0.15) is 0 Å². The van der Waals surface area contributed by atoms with Crippen LogP contribution in [-0.4, -0.2) is 7.05 Å². The molecule has 2 aliphatic rings. The minimum Gasteiger partial charge on any atom is -0.455 e. The van der Waals surface area contributed by atoms with Gasteiger partial charge in [-0.25, -0.2) is 0 Å². The first-order valence-electron chi connectivity index (χ1n) is 11.4. The standard InChI is InChI=1S/C31H24N2O/c1-21-9-7-8-20-33(2)28-16-15-26-25-18-19-32-27-13-6-5-12-24(27)23-11-4-3-10-22(23)14-17-29(25)34-31(26)30(21)28/h3-20,32H,1H2,2H3/b9-7-,17-14-,19-18+,20-8-. The van der Waals surface area contributed by atoms with Gasteiger partial charge >= 0.3 is 0 Å². The molecule has 0 amide bonds. The molecular weight excluding hydrogens is 416 g/mol. The van der Waals surface area contributed by atoms with Gasteiger partial charge in [0.05, 0.1) is 5.69 Å². The minimum absolute atomic E-state index is 0.819. The summed E-state index contributed by atoms with van der Waals surface area (Å²) in [6, 6.07) is 21.1. The van der Waals surface area contributed by atoms with Crippen molar-refractivity contribution in [3.63, 3.8) is 0 Å². The van der Waals surface area contributed by atoms with Crippen LogP contribution in [0, 0.1) is 0 Å². The van der Waals surface area contributed by atoms with Crippen molar-refractivity contribution in [2.45, 2.75) is 0 Å². The fraction of sp³-hybridized carbons (Fsp3) is 0.0323. The molecule has 0 unspecified atom stereocenters. The molecule has 3 aromatic carbocycles. The first kappa shape index (κ1) is 20.1. The van der Waals surface area contributed by atoms with Gasteiger partial charge in [0.15, 0.2) is 0 Å². The van der Waals surface area contributed by atoms with E-state index in [0.29, 0.717) is 0 Å². The Kier molecular flexibility index (Phi) is 4.81. The van der Waals surface area contributed by atoms with Crippen LogP contribution >= 0.6 is 0 Å². The van der Waals surface area contributed by atoms with Crippen LogP contribution in [0.3, 0.4) is 0 Å². The van der Waals surface area contributed by atoms with E-state index in [1.807, 2.05) is 37.7 Å². The first-order chi connectivity index (χ1) is 16.7. The zero-order valence-corrected chi connectivity index (χ0v) is 19.0. The number of rotatable bonds is 0. The average molecular weight is 441 g/mol. The molecule has 0 atom stereocenters. The van der Waals surface area contributed by atoms with E-state index < -0.39 is 0 Å². The van der Waals surface area contributed by atoms with Crippen molar-refractivity contribution in [1.29, 1.82) is 0 Å². The van der Waals surface area contributed by atoms with Crippen molar-refractivity contribution in [3.05, 3.63) is 120 Å². The number of nitrogens with one attached hydrogen (secondary N) is 1. The molecule has 3 heteroatoms. The highest BCUT2D eigenvalue weighted by Gasteiger charge is 2.20. The fourth-order valence-electron chi connectivity index (χ4n) is 4.71. The molecule has 1 aromatic heterocycles. The Bertz CT molecular complexity index is 1560. The van der Waals surface area contributed by atoms with Crippen LogP contribution in [0.5, 0.6) is 0 Å². The smallest absolute Gasteiger partial charge is 0.145 e. The second-order valence-electron chi connectivity index (χ2n) is 8.50. The zero-order chi connectivity index (χ0) is 23.1. The van der Waals surface area contributed by atoms with E-state index >= 15 is 0 Å². The predicted octanol–water partition coefficient (Wildman–Crippen LogP) is 8.20. The number of para-hydroxylation sites is 1. The molecule has 34 heavy (non-hydrogen) atoms. The second kappa shape index (κ2) is 8.13. The fourth-order valence-corrected chi connectivity index (χ4v) is 4.71. The summed E-state index contributed by atoms with van der Waals surface area (Å²) in [5.74, 6) is 0.819. The van der Waals surface area contributed by atoms with Gasteiger partial charge in [0.25, 0.3) is 0 Å². The molecule has 6 rings (SSSR count). The Morgan fingerprint density at radius 3 is 2.56 bits per heavy atom. The van der Waals surface area contributed by atoms with Gasteiger partial charge < -0.3 is 14.6 Å². The summed E-state index contributed by atoms with van der Waals surface area (Å²) in [6.07, 6.45) is 16.4. The second-order valence-corrected chi connectivity index (χ2v) is 8.50. The monoisotopic (exact) mass is 440 g/mol. The molecule has 4 aromatic rings. The number of anilines is 2. The van der Waals surface area contributed by atoms with Crippen molar-refractivity contribution in [3.8, 4) is 11.1 Å². The number of hydrogen-bond donors (Lipinski definition) is 1. The number of benzene rings is 3. The van der Waals surface area contributed by atoms with Crippen LogP contribution < -0.4 is 10.2 Å². The molecular formula is C31H24N2O. The summed E-state index contributed by atoms with van der Waals surface area (Å²) in [5, 5.41) is 4.56. The van der Waals surface area contributed by atoms with E-state index in [2.05, 4.69) is 95.7 Å². The molecule has 0 spiro atoms. The Hall–Kier alpha value is -4.50. The summed E-state index contributed by atoms with van der Waals surface area (Å²) < 4.78 is 6.56. The van der Waals surface area contributed by atoms with E-state index in [0.717, 1.165) is 55.9 Å². The average Bonchev–Trinajstić information content (AvgIpc) is 3.20. The maximum absolute atomic E-state index is 6.56. The number of allylic oxidation sites excluding steroid dienone is 4. The lowest BCUT2D eigenvalue weighted by atomic mass is 9.97. The Balaban J connectivity index is 1.60. The molecule has 0 saturated heterocycles. The molecule has 0 saturated carbocycles. The van der Waals surface area contributed by atoms with Crippen LogP contribution in [0.15, 0.2) is 102 Å². The summed E-state index contributed by atoms with van der Waals surface area (Å²) in [7, 11) is 2.04. The molecule has 2 aliphatic heterocycles. The highest BCUT2D eigenvalue weighted by molar-refractivity contribution is 6.03. The lowest BCUT2D eigenvalue weighted by Crippen LogP contribution is -2.10. The normalized spacial score (nSPS) is 18.1. The van der Waals surface area contributed by atoms with Gasteiger partial charge in [-0.1, -0.05) is 67.3 Å². The number of furan rings is 1. The van der Waals surface area contributed by atoms with Crippen molar-refractivity contribution in [2.75, 3.05) is 17.3 Å². The molecule has 1 N–H and O–H groups in total. The first-order valence-corrected chi connectivity index (χ1v) is 11.4. The Morgan fingerprint density at radius 1 is 0.824 bits per heavy atom. The van der Waals surface area contributed by atoms with Crippen LogP contribution in [0.4, 0.5) is 11.4 Å². The SMILES string of the molecule is C=C1/C=C\C=C/N(C)c2ccc3c4c(oc3c21)/C=C\c1ccccc1-c1ccccc1N/C=C/4. The van der Waals surface area contributed by atoms with Gasteiger partial charge in [0.1, 0.15) is 11.3 Å². The van der Waals surface area contributed by atoms with Crippen LogP contribution in [0.1, 0.15) is 22.5 Å². The summed E-state index contributed by atoms with van der Waals surface area (Å²) in [4.78, 5) is 2.10. The highest BCUT2D eigenvalue weighted by Crippen LogP contribution is 2.40. The van der Waals surface area contributed by atoms with E-state index in [1.54, 1.807) is 0 Å². The number of nitrogens with zero attached hydrogens (tertiary/aromatic N) is 1. The molecule has 3 nitrogen and oxygen atoms in total. The van der Waals surface area contributed by atoms with Crippen LogP contribution in [0.2, 0.25) is 0 Å². The third-order valence-corrected chi connectivity index (χ3v) is 6.40. The third-order valence-electron chi connectivity index (χ3n) is 6.40. The Labute approximate surface area is 199 Å². The largest absolute Gasteiger partial charge is 0.455 e. The van der Waals surface area contributed by atoms with E-state index in [1.165, 1.54) is 5.56 Å². The summed E-state index contributed by atoms with van der Waals surface area (Å²) >= 11 is 0.